The molecule has 0 saturated heterocycles. The topological polar surface area (TPSA) is 0 Å². The Balaban J connectivity index is 2.24. The highest BCUT2D eigenvalue weighted by atomic mass is 35.5. The first-order chi connectivity index (χ1) is 8.97. The Kier molecular flexibility index (Phi) is 3.98. The van der Waals surface area contributed by atoms with E-state index in [2.05, 4.69) is 56.9 Å². The van der Waals surface area contributed by atoms with Crippen molar-refractivity contribution >= 4 is 11.6 Å². The summed E-state index contributed by atoms with van der Waals surface area (Å²) in [4.78, 5) is 0. The fraction of sp³-hybridized carbons (Fsp3) is 0.222. The van der Waals surface area contributed by atoms with Crippen molar-refractivity contribution in [2.75, 3.05) is 0 Å². The van der Waals surface area contributed by atoms with E-state index in [1.54, 1.807) is 0 Å². The van der Waals surface area contributed by atoms with E-state index >= 15 is 0 Å². The molecule has 0 N–H and O–H groups in total. The molecule has 0 spiro atoms. The smallest absolute Gasteiger partial charge is 0.0562 e. The monoisotopic (exact) mass is 268 g/mol. The van der Waals surface area contributed by atoms with Crippen molar-refractivity contribution in [3.8, 4) is 11.8 Å². The lowest BCUT2D eigenvalue weighted by Crippen LogP contribution is -2.10. The van der Waals surface area contributed by atoms with Crippen LogP contribution in [0, 0.1) is 11.8 Å². The highest BCUT2D eigenvalue weighted by molar-refractivity contribution is 6.31. The SMILES string of the molecule is CC(C)(C)c1ccc(C#Cc2ccccc2Cl)cc1. The minimum atomic E-state index is 0.175. The van der Waals surface area contributed by atoms with Crippen molar-refractivity contribution in [2.24, 2.45) is 0 Å². The Hall–Kier alpha value is -1.71. The lowest BCUT2D eigenvalue weighted by molar-refractivity contribution is 0.590. The van der Waals surface area contributed by atoms with Crippen LogP contribution in [0.2, 0.25) is 5.02 Å². The molecule has 0 radical (unpaired) electrons. The van der Waals surface area contributed by atoms with Crippen LogP contribution in [0.25, 0.3) is 0 Å². The zero-order chi connectivity index (χ0) is 13.9. The first kappa shape index (κ1) is 13.7. The molecular formula is C18H17Cl. The second-order valence-electron chi connectivity index (χ2n) is 5.56. The maximum Gasteiger partial charge on any atom is 0.0562 e. The van der Waals surface area contributed by atoms with Crippen molar-refractivity contribution in [1.82, 2.24) is 0 Å². The fourth-order valence-corrected chi connectivity index (χ4v) is 1.94. The van der Waals surface area contributed by atoms with Gasteiger partial charge in [-0.2, -0.15) is 0 Å². The molecule has 2 aromatic rings. The lowest BCUT2D eigenvalue weighted by atomic mass is 9.87. The second kappa shape index (κ2) is 5.51. The van der Waals surface area contributed by atoms with Gasteiger partial charge in [0, 0.05) is 11.1 Å². The standard InChI is InChI=1S/C18H17Cl/c1-18(2,3)16-12-9-14(10-13-16)8-11-15-6-4-5-7-17(15)19/h4-7,9-10,12-13H,1-3H3. The van der Waals surface area contributed by atoms with Gasteiger partial charge in [-0.1, -0.05) is 68.5 Å². The maximum atomic E-state index is 6.07. The van der Waals surface area contributed by atoms with E-state index in [0.29, 0.717) is 5.02 Å². The van der Waals surface area contributed by atoms with Gasteiger partial charge >= 0.3 is 0 Å². The molecule has 0 atom stereocenters. The molecule has 0 fully saturated rings. The quantitative estimate of drug-likeness (QED) is 0.588. The fourth-order valence-electron chi connectivity index (χ4n) is 1.76. The van der Waals surface area contributed by atoms with Gasteiger partial charge in [-0.3, -0.25) is 0 Å². The number of halogens is 1. The summed E-state index contributed by atoms with van der Waals surface area (Å²) in [5.41, 5.74) is 3.36. The van der Waals surface area contributed by atoms with Gasteiger partial charge in [0.15, 0.2) is 0 Å². The lowest BCUT2D eigenvalue weighted by Gasteiger charge is -2.18. The number of hydrogen-bond acceptors (Lipinski definition) is 0. The summed E-state index contributed by atoms with van der Waals surface area (Å²) in [5.74, 6) is 6.25. The average molecular weight is 269 g/mol. The zero-order valence-corrected chi connectivity index (χ0v) is 12.3. The molecule has 0 aliphatic rings. The molecule has 0 aliphatic carbocycles. The van der Waals surface area contributed by atoms with Crippen molar-refractivity contribution in [3.05, 3.63) is 70.2 Å². The van der Waals surface area contributed by atoms with E-state index in [1.807, 2.05) is 24.3 Å². The summed E-state index contributed by atoms with van der Waals surface area (Å²) < 4.78 is 0. The van der Waals surface area contributed by atoms with E-state index in [1.165, 1.54) is 5.56 Å². The average Bonchev–Trinajstić information content (AvgIpc) is 2.37. The van der Waals surface area contributed by atoms with Crippen LogP contribution in [0.5, 0.6) is 0 Å². The Morgan fingerprint density at radius 2 is 1.47 bits per heavy atom. The summed E-state index contributed by atoms with van der Waals surface area (Å²) in [7, 11) is 0. The first-order valence-electron chi connectivity index (χ1n) is 6.34. The van der Waals surface area contributed by atoms with Crippen LogP contribution in [-0.2, 0) is 5.41 Å². The van der Waals surface area contributed by atoms with Crippen LogP contribution < -0.4 is 0 Å². The summed E-state index contributed by atoms with van der Waals surface area (Å²) in [6, 6.07) is 16.0. The van der Waals surface area contributed by atoms with Crippen molar-refractivity contribution in [2.45, 2.75) is 26.2 Å². The zero-order valence-electron chi connectivity index (χ0n) is 11.5. The molecule has 2 rings (SSSR count). The molecule has 0 aliphatic heterocycles. The van der Waals surface area contributed by atoms with Crippen LogP contribution in [0.1, 0.15) is 37.5 Å². The molecule has 0 nitrogen and oxygen atoms in total. The highest BCUT2D eigenvalue weighted by Crippen LogP contribution is 2.22. The predicted octanol–water partition coefficient (Wildman–Crippen LogP) is 5.04. The number of benzene rings is 2. The third kappa shape index (κ3) is 3.63. The summed E-state index contributed by atoms with van der Waals surface area (Å²) in [5, 5.41) is 0.696. The van der Waals surface area contributed by atoms with Gasteiger partial charge in [-0.15, -0.1) is 0 Å². The highest BCUT2D eigenvalue weighted by Gasteiger charge is 2.12. The van der Waals surface area contributed by atoms with E-state index in [4.69, 9.17) is 11.6 Å². The van der Waals surface area contributed by atoms with Gasteiger partial charge in [0.2, 0.25) is 0 Å². The summed E-state index contributed by atoms with van der Waals surface area (Å²) in [6.45, 7) is 6.62. The first-order valence-corrected chi connectivity index (χ1v) is 6.72. The molecule has 0 aromatic heterocycles. The molecule has 0 heterocycles. The molecular weight excluding hydrogens is 252 g/mol. The van der Waals surface area contributed by atoms with E-state index in [-0.39, 0.29) is 5.41 Å². The molecule has 0 amide bonds. The van der Waals surface area contributed by atoms with E-state index in [0.717, 1.165) is 11.1 Å². The number of rotatable bonds is 0. The van der Waals surface area contributed by atoms with Gasteiger partial charge in [0.1, 0.15) is 0 Å². The van der Waals surface area contributed by atoms with Gasteiger partial charge in [0.25, 0.3) is 0 Å². The van der Waals surface area contributed by atoms with Crippen LogP contribution >= 0.6 is 11.6 Å². The van der Waals surface area contributed by atoms with Crippen LogP contribution in [0.4, 0.5) is 0 Å². The van der Waals surface area contributed by atoms with Crippen molar-refractivity contribution in [3.63, 3.8) is 0 Å². The third-order valence-electron chi connectivity index (χ3n) is 2.97. The minimum Gasteiger partial charge on any atom is -0.0830 e. The molecule has 0 saturated carbocycles. The normalized spacial score (nSPS) is 10.7. The Bertz CT molecular complexity index is 619. The van der Waals surface area contributed by atoms with Crippen LogP contribution in [-0.4, -0.2) is 0 Å². The molecule has 2 aromatic carbocycles. The largest absolute Gasteiger partial charge is 0.0830 e. The molecule has 96 valence electrons. The van der Waals surface area contributed by atoms with Crippen LogP contribution in [0.15, 0.2) is 48.5 Å². The van der Waals surface area contributed by atoms with E-state index < -0.39 is 0 Å². The van der Waals surface area contributed by atoms with Gasteiger partial charge < -0.3 is 0 Å². The van der Waals surface area contributed by atoms with Crippen molar-refractivity contribution < 1.29 is 0 Å². The maximum absolute atomic E-state index is 6.07. The Labute approximate surface area is 120 Å². The summed E-state index contributed by atoms with van der Waals surface area (Å²) in [6.07, 6.45) is 0. The molecule has 0 unspecified atom stereocenters. The third-order valence-corrected chi connectivity index (χ3v) is 3.30. The second-order valence-corrected chi connectivity index (χ2v) is 5.96. The summed E-state index contributed by atoms with van der Waals surface area (Å²) >= 11 is 6.07. The molecule has 1 heteroatoms. The van der Waals surface area contributed by atoms with Gasteiger partial charge in [0.05, 0.1) is 5.02 Å². The Morgan fingerprint density at radius 1 is 0.842 bits per heavy atom. The molecule has 19 heavy (non-hydrogen) atoms. The predicted molar refractivity (Wildman–Crippen MR) is 82.6 cm³/mol. The van der Waals surface area contributed by atoms with Gasteiger partial charge in [-0.25, -0.2) is 0 Å². The van der Waals surface area contributed by atoms with Crippen molar-refractivity contribution in [1.29, 1.82) is 0 Å². The minimum absolute atomic E-state index is 0.175. The molecule has 0 bridgehead atoms. The van der Waals surface area contributed by atoms with Crippen LogP contribution in [0.3, 0.4) is 0 Å². The van der Waals surface area contributed by atoms with E-state index in [9.17, 15) is 0 Å². The Morgan fingerprint density at radius 3 is 2.05 bits per heavy atom. The number of hydrogen-bond donors (Lipinski definition) is 0. The van der Waals surface area contributed by atoms with Gasteiger partial charge in [-0.05, 0) is 35.2 Å².